The van der Waals surface area contributed by atoms with E-state index in [1.54, 1.807) is 45.0 Å². The molecule has 1 aliphatic rings. The van der Waals surface area contributed by atoms with Crippen LogP contribution in [0.4, 0.5) is 13.6 Å². The maximum Gasteiger partial charge on any atom is 0.408 e. The lowest BCUT2D eigenvalue weighted by atomic mass is 9.78. The SMILES string of the molecule is COC(=O)C1(NC(=O)OC(C)(C)C)CCc2ccc(Oc3ccccc3-c3ccc(F)c(F)c3)cc2C1. The van der Waals surface area contributed by atoms with Crippen molar-refractivity contribution in [3.05, 3.63) is 83.4 Å². The number of amides is 1. The number of aryl methyl sites for hydroxylation is 1. The lowest BCUT2D eigenvalue weighted by Gasteiger charge is -2.36. The van der Waals surface area contributed by atoms with E-state index in [0.29, 0.717) is 35.5 Å². The molecule has 1 atom stereocenters. The number of fused-ring (bicyclic) bond motifs is 1. The van der Waals surface area contributed by atoms with Crippen molar-refractivity contribution in [2.24, 2.45) is 0 Å². The van der Waals surface area contributed by atoms with Gasteiger partial charge in [-0.25, -0.2) is 18.4 Å². The van der Waals surface area contributed by atoms with Crippen molar-refractivity contribution in [3.63, 3.8) is 0 Å². The van der Waals surface area contributed by atoms with E-state index in [9.17, 15) is 18.4 Å². The van der Waals surface area contributed by atoms with Gasteiger partial charge >= 0.3 is 12.1 Å². The first-order valence-electron chi connectivity index (χ1n) is 11.9. The van der Waals surface area contributed by atoms with Crippen LogP contribution in [0.15, 0.2) is 60.7 Å². The van der Waals surface area contributed by atoms with Crippen molar-refractivity contribution in [3.8, 4) is 22.6 Å². The smallest absolute Gasteiger partial charge is 0.408 e. The minimum absolute atomic E-state index is 0.191. The summed E-state index contributed by atoms with van der Waals surface area (Å²) in [5, 5.41) is 2.75. The number of benzene rings is 3. The molecule has 4 rings (SSSR count). The summed E-state index contributed by atoms with van der Waals surface area (Å²) in [6.45, 7) is 5.24. The second kappa shape index (κ2) is 10.2. The van der Waals surface area contributed by atoms with Gasteiger partial charge in [-0.05, 0) is 80.6 Å². The average Bonchev–Trinajstić information content (AvgIpc) is 2.84. The van der Waals surface area contributed by atoms with Crippen LogP contribution in [0, 0.1) is 11.6 Å². The van der Waals surface area contributed by atoms with E-state index >= 15 is 0 Å². The van der Waals surface area contributed by atoms with Crippen molar-refractivity contribution in [1.82, 2.24) is 5.32 Å². The number of para-hydroxylation sites is 1. The maximum atomic E-state index is 13.9. The van der Waals surface area contributed by atoms with Gasteiger partial charge < -0.3 is 19.5 Å². The largest absolute Gasteiger partial charge is 0.467 e. The van der Waals surface area contributed by atoms with E-state index in [4.69, 9.17) is 14.2 Å². The molecule has 3 aromatic rings. The van der Waals surface area contributed by atoms with E-state index in [2.05, 4.69) is 5.32 Å². The molecule has 0 fully saturated rings. The Morgan fingerprint density at radius 3 is 2.41 bits per heavy atom. The Morgan fingerprint density at radius 1 is 0.946 bits per heavy atom. The third kappa shape index (κ3) is 5.90. The summed E-state index contributed by atoms with van der Waals surface area (Å²) in [6, 6.07) is 16.3. The molecule has 0 saturated carbocycles. The Balaban J connectivity index is 1.62. The standard InChI is InChI=1S/C29H29F2NO5/c1-28(2,3)37-27(34)32-29(26(33)35-4)14-13-18-9-11-21(15-20(18)17-29)36-25-8-6-5-7-22(25)19-10-12-23(30)24(31)16-19/h5-12,15-16H,13-14,17H2,1-4H3,(H,32,34). The number of carbonyl (C=O) groups is 2. The topological polar surface area (TPSA) is 73.9 Å². The van der Waals surface area contributed by atoms with Crippen molar-refractivity contribution in [2.45, 2.75) is 51.2 Å². The second-order valence-corrected chi connectivity index (χ2v) is 10.0. The van der Waals surface area contributed by atoms with Crippen LogP contribution >= 0.6 is 0 Å². The predicted octanol–water partition coefficient (Wildman–Crippen LogP) is 6.35. The number of ether oxygens (including phenoxy) is 3. The molecule has 37 heavy (non-hydrogen) atoms. The van der Waals surface area contributed by atoms with Gasteiger partial charge in [0, 0.05) is 12.0 Å². The van der Waals surface area contributed by atoms with Gasteiger partial charge in [-0.15, -0.1) is 0 Å². The van der Waals surface area contributed by atoms with E-state index < -0.39 is 34.8 Å². The number of esters is 1. The quantitative estimate of drug-likeness (QED) is 0.406. The molecule has 1 N–H and O–H groups in total. The molecule has 0 radical (unpaired) electrons. The minimum Gasteiger partial charge on any atom is -0.467 e. The zero-order valence-corrected chi connectivity index (χ0v) is 21.2. The van der Waals surface area contributed by atoms with Gasteiger partial charge in [0.2, 0.25) is 0 Å². The summed E-state index contributed by atoms with van der Waals surface area (Å²) in [6.07, 6.45) is 0.377. The molecule has 1 aliphatic carbocycles. The molecule has 1 unspecified atom stereocenters. The van der Waals surface area contributed by atoms with Crippen LogP contribution in [0.2, 0.25) is 0 Å². The van der Waals surface area contributed by atoms with Gasteiger partial charge in [-0.1, -0.05) is 30.3 Å². The first kappa shape index (κ1) is 26.1. The third-order valence-electron chi connectivity index (χ3n) is 6.15. The number of halogens is 2. The molecule has 0 heterocycles. The van der Waals surface area contributed by atoms with Gasteiger partial charge in [0.25, 0.3) is 0 Å². The summed E-state index contributed by atoms with van der Waals surface area (Å²) < 4.78 is 43.9. The number of nitrogens with one attached hydrogen (secondary N) is 1. The third-order valence-corrected chi connectivity index (χ3v) is 6.15. The fourth-order valence-corrected chi connectivity index (χ4v) is 4.45. The first-order chi connectivity index (χ1) is 17.5. The molecule has 0 spiro atoms. The number of hydrogen-bond acceptors (Lipinski definition) is 5. The van der Waals surface area contributed by atoms with Crippen molar-refractivity contribution in [2.75, 3.05) is 7.11 Å². The van der Waals surface area contributed by atoms with Crippen LogP contribution in [0.1, 0.15) is 38.3 Å². The second-order valence-electron chi connectivity index (χ2n) is 10.0. The number of hydrogen-bond donors (Lipinski definition) is 1. The van der Waals surface area contributed by atoms with Gasteiger partial charge in [-0.3, -0.25) is 0 Å². The van der Waals surface area contributed by atoms with E-state index in [-0.39, 0.29) is 6.42 Å². The zero-order chi connectivity index (χ0) is 26.8. The predicted molar refractivity (Wildman–Crippen MR) is 134 cm³/mol. The molecule has 0 bridgehead atoms. The minimum atomic E-state index is -1.29. The molecule has 0 aliphatic heterocycles. The number of alkyl carbamates (subject to hydrolysis) is 1. The van der Waals surface area contributed by atoms with E-state index in [0.717, 1.165) is 23.3 Å². The Hall–Kier alpha value is -3.94. The summed E-state index contributed by atoms with van der Waals surface area (Å²) >= 11 is 0. The Morgan fingerprint density at radius 2 is 1.70 bits per heavy atom. The van der Waals surface area contributed by atoms with Gasteiger partial charge in [0.15, 0.2) is 11.6 Å². The van der Waals surface area contributed by atoms with Crippen molar-refractivity contribution < 1.29 is 32.6 Å². The van der Waals surface area contributed by atoms with Gasteiger partial charge in [-0.2, -0.15) is 0 Å². The van der Waals surface area contributed by atoms with Crippen LogP contribution in [0.25, 0.3) is 11.1 Å². The van der Waals surface area contributed by atoms with Gasteiger partial charge in [0.1, 0.15) is 22.6 Å². The summed E-state index contributed by atoms with van der Waals surface area (Å²) in [7, 11) is 1.28. The fourth-order valence-electron chi connectivity index (χ4n) is 4.45. The monoisotopic (exact) mass is 509 g/mol. The lowest BCUT2D eigenvalue weighted by molar-refractivity contribution is -0.149. The molecular formula is C29H29F2NO5. The average molecular weight is 510 g/mol. The molecule has 194 valence electrons. The summed E-state index contributed by atoms with van der Waals surface area (Å²) in [5.74, 6) is -1.48. The summed E-state index contributed by atoms with van der Waals surface area (Å²) in [4.78, 5) is 25.4. The Kier molecular flexibility index (Phi) is 7.21. The molecule has 8 heteroatoms. The van der Waals surface area contributed by atoms with Crippen LogP contribution in [0.5, 0.6) is 11.5 Å². The normalized spacial score (nSPS) is 16.9. The van der Waals surface area contributed by atoms with Crippen molar-refractivity contribution in [1.29, 1.82) is 0 Å². The Labute approximate surface area is 214 Å². The Bertz CT molecular complexity index is 1330. The number of carbonyl (C=O) groups excluding carboxylic acids is 2. The van der Waals surface area contributed by atoms with Crippen LogP contribution in [-0.4, -0.2) is 30.3 Å². The zero-order valence-electron chi connectivity index (χ0n) is 21.2. The highest BCUT2D eigenvalue weighted by molar-refractivity contribution is 5.86. The lowest BCUT2D eigenvalue weighted by Crippen LogP contribution is -2.59. The molecule has 6 nitrogen and oxygen atoms in total. The molecule has 3 aromatic carbocycles. The van der Waals surface area contributed by atoms with Gasteiger partial charge in [0.05, 0.1) is 7.11 Å². The van der Waals surface area contributed by atoms with Crippen LogP contribution in [-0.2, 0) is 27.1 Å². The van der Waals surface area contributed by atoms with Crippen molar-refractivity contribution >= 4 is 12.1 Å². The van der Waals surface area contributed by atoms with Crippen LogP contribution in [0.3, 0.4) is 0 Å². The number of rotatable bonds is 5. The number of methoxy groups -OCH3 is 1. The maximum absolute atomic E-state index is 13.9. The van der Waals surface area contributed by atoms with E-state index in [1.807, 2.05) is 18.2 Å². The molecular weight excluding hydrogens is 480 g/mol. The first-order valence-corrected chi connectivity index (χ1v) is 11.9. The summed E-state index contributed by atoms with van der Waals surface area (Å²) in [5.41, 5.74) is 0.887. The highest BCUT2D eigenvalue weighted by Crippen LogP contribution is 2.37. The molecule has 0 saturated heterocycles. The molecule has 1 amide bonds. The molecule has 0 aromatic heterocycles. The highest BCUT2D eigenvalue weighted by Gasteiger charge is 2.45. The highest BCUT2D eigenvalue weighted by atomic mass is 19.2. The van der Waals surface area contributed by atoms with Crippen LogP contribution < -0.4 is 10.1 Å². The van der Waals surface area contributed by atoms with E-state index in [1.165, 1.54) is 13.2 Å². The fraction of sp³-hybridized carbons (Fsp3) is 0.310.